The average Bonchev–Trinajstić information content (AvgIpc) is 2.29. The molecule has 2 nitrogen and oxygen atoms in total. The number of rotatable bonds is 6. The zero-order valence-electron chi connectivity index (χ0n) is 11.3. The van der Waals surface area contributed by atoms with Gasteiger partial charge < -0.3 is 10.1 Å². The van der Waals surface area contributed by atoms with Gasteiger partial charge in [-0.3, -0.25) is 0 Å². The molecular weight excluding hydrogens is 269 g/mol. The van der Waals surface area contributed by atoms with E-state index in [0.29, 0.717) is 27.8 Å². The van der Waals surface area contributed by atoms with Crippen LogP contribution in [-0.2, 0) is 0 Å². The van der Waals surface area contributed by atoms with Crippen LogP contribution in [0.25, 0.3) is 0 Å². The van der Waals surface area contributed by atoms with Crippen LogP contribution in [0.15, 0.2) is 18.2 Å². The summed E-state index contributed by atoms with van der Waals surface area (Å²) in [5, 5.41) is 4.38. The molecule has 0 aliphatic heterocycles. The first-order valence-electron chi connectivity index (χ1n) is 6.26. The fourth-order valence-corrected chi connectivity index (χ4v) is 1.84. The van der Waals surface area contributed by atoms with E-state index in [1.165, 1.54) is 0 Å². The maximum atomic E-state index is 6.13. The number of benzene rings is 1. The van der Waals surface area contributed by atoms with Gasteiger partial charge in [-0.05, 0) is 18.1 Å². The summed E-state index contributed by atoms with van der Waals surface area (Å²) >= 11 is 12.1. The lowest BCUT2D eigenvalue weighted by Crippen LogP contribution is -2.38. The second kappa shape index (κ2) is 7.22. The summed E-state index contributed by atoms with van der Waals surface area (Å²) in [6.07, 6.45) is 0.0726. The fraction of sp³-hybridized carbons (Fsp3) is 0.571. The minimum atomic E-state index is 0.0726. The van der Waals surface area contributed by atoms with Crippen molar-refractivity contribution < 1.29 is 4.74 Å². The van der Waals surface area contributed by atoms with Gasteiger partial charge in [0.05, 0.1) is 5.02 Å². The molecule has 4 heteroatoms. The third-order valence-electron chi connectivity index (χ3n) is 2.67. The molecule has 0 fully saturated rings. The zero-order valence-corrected chi connectivity index (χ0v) is 12.8. The molecule has 0 aliphatic rings. The molecule has 0 aliphatic carbocycles. The van der Waals surface area contributed by atoms with Gasteiger partial charge in [-0.2, -0.15) is 0 Å². The predicted molar refractivity (Wildman–Crippen MR) is 78.9 cm³/mol. The van der Waals surface area contributed by atoms with E-state index >= 15 is 0 Å². The highest BCUT2D eigenvalue weighted by atomic mass is 35.5. The molecule has 1 aromatic carbocycles. The van der Waals surface area contributed by atoms with E-state index in [0.717, 1.165) is 6.54 Å². The van der Waals surface area contributed by atoms with Gasteiger partial charge in [-0.15, -0.1) is 0 Å². The highest BCUT2D eigenvalue weighted by Crippen LogP contribution is 2.32. The highest BCUT2D eigenvalue weighted by Gasteiger charge is 2.17. The van der Waals surface area contributed by atoms with Crippen LogP contribution in [-0.4, -0.2) is 18.7 Å². The van der Waals surface area contributed by atoms with E-state index in [-0.39, 0.29) is 6.10 Å². The molecule has 0 heterocycles. The number of ether oxygens (including phenoxy) is 1. The Bertz CT molecular complexity index is 380. The van der Waals surface area contributed by atoms with Crippen molar-refractivity contribution in [1.29, 1.82) is 0 Å². The summed E-state index contributed by atoms with van der Waals surface area (Å²) in [6, 6.07) is 5.88. The predicted octanol–water partition coefficient (Wildman–Crippen LogP) is 4.39. The molecule has 1 unspecified atom stereocenters. The Hall–Kier alpha value is -0.440. The number of hydrogen-bond donors (Lipinski definition) is 1. The van der Waals surface area contributed by atoms with Crippen molar-refractivity contribution in [3.63, 3.8) is 0 Å². The van der Waals surface area contributed by atoms with Gasteiger partial charge in [-0.1, -0.05) is 57.0 Å². The van der Waals surface area contributed by atoms with Crippen LogP contribution >= 0.6 is 23.2 Å². The molecule has 0 amide bonds. The molecule has 0 saturated heterocycles. The first-order valence-corrected chi connectivity index (χ1v) is 7.01. The fourth-order valence-electron chi connectivity index (χ4n) is 1.50. The summed E-state index contributed by atoms with van der Waals surface area (Å²) in [4.78, 5) is 0. The Balaban J connectivity index is 2.74. The molecule has 1 aromatic rings. The molecule has 18 heavy (non-hydrogen) atoms. The number of halogens is 2. The van der Waals surface area contributed by atoms with E-state index in [4.69, 9.17) is 27.9 Å². The first kappa shape index (κ1) is 15.6. The first-order chi connectivity index (χ1) is 8.41. The smallest absolute Gasteiger partial charge is 0.139 e. The molecule has 0 spiro atoms. The Morgan fingerprint density at radius 2 is 1.83 bits per heavy atom. The normalized spacial score (nSPS) is 13.1. The SMILES string of the molecule is CC(C)NCC(Oc1cccc(Cl)c1Cl)C(C)C. The minimum absolute atomic E-state index is 0.0726. The molecule has 0 radical (unpaired) electrons. The monoisotopic (exact) mass is 289 g/mol. The lowest BCUT2D eigenvalue weighted by molar-refractivity contribution is 0.146. The van der Waals surface area contributed by atoms with Crippen molar-refractivity contribution in [3.05, 3.63) is 28.2 Å². The number of hydrogen-bond acceptors (Lipinski definition) is 2. The van der Waals surface area contributed by atoms with Crippen LogP contribution in [0.2, 0.25) is 10.0 Å². The Kier molecular flexibility index (Phi) is 6.27. The largest absolute Gasteiger partial charge is 0.487 e. The van der Waals surface area contributed by atoms with Crippen molar-refractivity contribution in [3.8, 4) is 5.75 Å². The third-order valence-corrected chi connectivity index (χ3v) is 3.47. The Morgan fingerprint density at radius 3 is 2.39 bits per heavy atom. The Labute approximate surface area is 120 Å². The molecule has 1 N–H and O–H groups in total. The van der Waals surface area contributed by atoms with Gasteiger partial charge in [0.1, 0.15) is 16.9 Å². The van der Waals surface area contributed by atoms with Crippen LogP contribution in [0.5, 0.6) is 5.75 Å². The van der Waals surface area contributed by atoms with Gasteiger partial charge >= 0.3 is 0 Å². The van der Waals surface area contributed by atoms with Crippen LogP contribution in [0.1, 0.15) is 27.7 Å². The molecule has 102 valence electrons. The van der Waals surface area contributed by atoms with E-state index in [1.54, 1.807) is 6.07 Å². The van der Waals surface area contributed by atoms with E-state index in [9.17, 15) is 0 Å². The highest BCUT2D eigenvalue weighted by molar-refractivity contribution is 6.42. The van der Waals surface area contributed by atoms with E-state index in [2.05, 4.69) is 33.0 Å². The molecule has 0 aromatic heterocycles. The molecular formula is C14H21Cl2NO. The van der Waals surface area contributed by atoms with Gasteiger partial charge in [0, 0.05) is 12.6 Å². The second-order valence-electron chi connectivity index (χ2n) is 5.02. The van der Waals surface area contributed by atoms with E-state index < -0.39 is 0 Å². The molecule has 0 saturated carbocycles. The maximum absolute atomic E-state index is 6.13. The lowest BCUT2D eigenvalue weighted by atomic mass is 10.1. The Morgan fingerprint density at radius 1 is 1.17 bits per heavy atom. The van der Waals surface area contributed by atoms with Crippen LogP contribution < -0.4 is 10.1 Å². The minimum Gasteiger partial charge on any atom is -0.487 e. The second-order valence-corrected chi connectivity index (χ2v) is 5.80. The van der Waals surface area contributed by atoms with Crippen molar-refractivity contribution in [2.45, 2.75) is 39.8 Å². The van der Waals surface area contributed by atoms with Crippen LogP contribution in [0.3, 0.4) is 0 Å². The lowest BCUT2D eigenvalue weighted by Gasteiger charge is -2.24. The van der Waals surface area contributed by atoms with Gasteiger partial charge in [0.25, 0.3) is 0 Å². The van der Waals surface area contributed by atoms with Crippen molar-refractivity contribution in [2.24, 2.45) is 5.92 Å². The maximum Gasteiger partial charge on any atom is 0.139 e. The van der Waals surface area contributed by atoms with Gasteiger partial charge in [-0.25, -0.2) is 0 Å². The summed E-state index contributed by atoms with van der Waals surface area (Å²) in [5.41, 5.74) is 0. The third kappa shape index (κ3) is 4.68. The molecule has 1 atom stereocenters. The van der Waals surface area contributed by atoms with E-state index in [1.807, 2.05) is 12.1 Å². The van der Waals surface area contributed by atoms with Crippen LogP contribution in [0, 0.1) is 5.92 Å². The van der Waals surface area contributed by atoms with Gasteiger partial charge in [0.15, 0.2) is 0 Å². The number of nitrogens with one attached hydrogen (secondary N) is 1. The standard InChI is InChI=1S/C14H21Cl2NO/c1-9(2)13(8-17-10(3)4)18-12-7-5-6-11(15)14(12)16/h5-7,9-10,13,17H,8H2,1-4H3. The topological polar surface area (TPSA) is 21.3 Å². The van der Waals surface area contributed by atoms with Crippen molar-refractivity contribution in [2.75, 3.05) is 6.54 Å². The van der Waals surface area contributed by atoms with Gasteiger partial charge in [0.2, 0.25) is 0 Å². The zero-order chi connectivity index (χ0) is 13.7. The quantitative estimate of drug-likeness (QED) is 0.838. The average molecular weight is 290 g/mol. The summed E-state index contributed by atoms with van der Waals surface area (Å²) in [7, 11) is 0. The van der Waals surface area contributed by atoms with Crippen molar-refractivity contribution in [1.82, 2.24) is 5.32 Å². The summed E-state index contributed by atoms with van der Waals surface area (Å²) in [5.74, 6) is 1.04. The molecule has 0 bridgehead atoms. The summed E-state index contributed by atoms with van der Waals surface area (Å²) in [6.45, 7) is 9.28. The summed E-state index contributed by atoms with van der Waals surface area (Å²) < 4.78 is 5.96. The van der Waals surface area contributed by atoms with Crippen molar-refractivity contribution >= 4 is 23.2 Å². The van der Waals surface area contributed by atoms with Crippen LogP contribution in [0.4, 0.5) is 0 Å². The molecule has 1 rings (SSSR count).